The zero-order valence-electron chi connectivity index (χ0n) is 10.5. The van der Waals surface area contributed by atoms with E-state index in [2.05, 4.69) is 15.9 Å². The fourth-order valence-corrected chi connectivity index (χ4v) is 3.25. The van der Waals surface area contributed by atoms with Gasteiger partial charge in [0.1, 0.15) is 0 Å². The van der Waals surface area contributed by atoms with Crippen LogP contribution in [0.5, 0.6) is 0 Å². The Balaban J connectivity index is 2.44. The topological polar surface area (TPSA) is 54.4 Å². The molecule has 0 fully saturated rings. The lowest BCUT2D eigenvalue weighted by atomic mass is 10.2. The predicted molar refractivity (Wildman–Crippen MR) is 82.8 cm³/mol. The Kier molecular flexibility index (Phi) is 4.75. The SMILES string of the molecule is O=S(=O)(/C(=C/c1ccc(Br)cc1)CO)c1ccccc1. The van der Waals surface area contributed by atoms with Crippen LogP contribution in [0.3, 0.4) is 0 Å². The van der Waals surface area contributed by atoms with Crippen molar-refractivity contribution >= 4 is 31.8 Å². The van der Waals surface area contributed by atoms with Gasteiger partial charge < -0.3 is 5.11 Å². The van der Waals surface area contributed by atoms with Crippen molar-refractivity contribution in [1.29, 1.82) is 0 Å². The Labute approximate surface area is 126 Å². The van der Waals surface area contributed by atoms with Crippen LogP contribution in [0.4, 0.5) is 0 Å². The molecule has 0 atom stereocenters. The summed E-state index contributed by atoms with van der Waals surface area (Å²) in [5, 5.41) is 9.38. The largest absolute Gasteiger partial charge is 0.391 e. The van der Waals surface area contributed by atoms with Gasteiger partial charge in [-0.1, -0.05) is 46.3 Å². The second-order valence-electron chi connectivity index (χ2n) is 4.14. The van der Waals surface area contributed by atoms with Crippen molar-refractivity contribution in [1.82, 2.24) is 0 Å². The first-order chi connectivity index (χ1) is 9.54. The zero-order chi connectivity index (χ0) is 14.6. The average Bonchev–Trinajstić information content (AvgIpc) is 2.47. The molecule has 0 saturated carbocycles. The highest BCUT2D eigenvalue weighted by atomic mass is 79.9. The maximum Gasteiger partial charge on any atom is 0.205 e. The average molecular weight is 353 g/mol. The molecular weight excluding hydrogens is 340 g/mol. The van der Waals surface area contributed by atoms with Gasteiger partial charge in [-0.15, -0.1) is 0 Å². The molecule has 0 heterocycles. The van der Waals surface area contributed by atoms with Gasteiger partial charge in [0.2, 0.25) is 9.84 Å². The number of aliphatic hydroxyl groups is 1. The van der Waals surface area contributed by atoms with E-state index < -0.39 is 16.4 Å². The number of hydrogen-bond acceptors (Lipinski definition) is 3. The van der Waals surface area contributed by atoms with Crippen molar-refractivity contribution in [3.63, 3.8) is 0 Å². The summed E-state index contributed by atoms with van der Waals surface area (Å²) < 4.78 is 25.7. The smallest absolute Gasteiger partial charge is 0.205 e. The number of sulfone groups is 1. The van der Waals surface area contributed by atoms with E-state index in [-0.39, 0.29) is 9.80 Å². The number of halogens is 1. The second-order valence-corrected chi connectivity index (χ2v) is 7.06. The summed E-state index contributed by atoms with van der Waals surface area (Å²) in [5.74, 6) is 0. The summed E-state index contributed by atoms with van der Waals surface area (Å²) in [6.45, 7) is -0.534. The van der Waals surface area contributed by atoms with Gasteiger partial charge in [-0.25, -0.2) is 8.42 Å². The molecule has 3 nitrogen and oxygen atoms in total. The Morgan fingerprint density at radius 2 is 1.65 bits per heavy atom. The summed E-state index contributed by atoms with van der Waals surface area (Å²) in [7, 11) is -3.66. The third-order valence-electron chi connectivity index (χ3n) is 2.75. The number of rotatable bonds is 4. The summed E-state index contributed by atoms with van der Waals surface area (Å²) in [5.41, 5.74) is 0.719. The van der Waals surface area contributed by atoms with Gasteiger partial charge in [-0.2, -0.15) is 0 Å². The summed E-state index contributed by atoms with van der Waals surface area (Å²) in [4.78, 5) is 0.156. The van der Waals surface area contributed by atoms with Crippen molar-refractivity contribution in [2.24, 2.45) is 0 Å². The second kappa shape index (κ2) is 6.35. The molecule has 0 spiro atoms. The van der Waals surface area contributed by atoms with Crippen LogP contribution in [0.15, 0.2) is 68.9 Å². The van der Waals surface area contributed by atoms with Crippen LogP contribution in [-0.2, 0) is 9.84 Å². The minimum Gasteiger partial charge on any atom is -0.391 e. The van der Waals surface area contributed by atoms with Gasteiger partial charge in [-0.3, -0.25) is 0 Å². The van der Waals surface area contributed by atoms with Gasteiger partial charge >= 0.3 is 0 Å². The van der Waals surface area contributed by atoms with Gasteiger partial charge in [-0.05, 0) is 35.9 Å². The molecular formula is C15H13BrO3S. The quantitative estimate of drug-likeness (QED) is 0.918. The van der Waals surface area contributed by atoms with Crippen molar-refractivity contribution in [3.8, 4) is 0 Å². The molecule has 5 heteroatoms. The molecule has 0 aromatic heterocycles. The lowest BCUT2D eigenvalue weighted by Gasteiger charge is -2.07. The maximum absolute atomic E-state index is 12.4. The van der Waals surface area contributed by atoms with E-state index in [1.807, 2.05) is 12.1 Å². The molecule has 2 rings (SSSR count). The predicted octanol–water partition coefficient (Wildman–Crippen LogP) is 3.26. The third-order valence-corrected chi connectivity index (χ3v) is 5.11. The Bertz CT molecular complexity index is 705. The molecule has 0 amide bonds. The van der Waals surface area contributed by atoms with E-state index >= 15 is 0 Å². The highest BCUT2D eigenvalue weighted by molar-refractivity contribution is 9.10. The van der Waals surface area contributed by atoms with E-state index in [0.717, 1.165) is 10.0 Å². The van der Waals surface area contributed by atoms with Crippen LogP contribution in [0, 0.1) is 0 Å². The Morgan fingerprint density at radius 3 is 2.20 bits per heavy atom. The van der Waals surface area contributed by atoms with Crippen LogP contribution in [0.25, 0.3) is 6.08 Å². The van der Waals surface area contributed by atoms with E-state index in [4.69, 9.17) is 0 Å². The van der Waals surface area contributed by atoms with E-state index in [1.165, 1.54) is 18.2 Å². The first kappa shape index (κ1) is 15.0. The van der Waals surface area contributed by atoms with Gasteiger partial charge in [0.25, 0.3) is 0 Å². The number of benzene rings is 2. The van der Waals surface area contributed by atoms with Gasteiger partial charge in [0, 0.05) is 4.47 Å². The molecule has 0 aliphatic carbocycles. The lowest BCUT2D eigenvalue weighted by Crippen LogP contribution is -2.08. The van der Waals surface area contributed by atoms with Crippen molar-refractivity contribution < 1.29 is 13.5 Å². The molecule has 20 heavy (non-hydrogen) atoms. The fraction of sp³-hybridized carbons (Fsp3) is 0.0667. The summed E-state index contributed by atoms with van der Waals surface area (Å²) in [6.07, 6.45) is 1.48. The molecule has 0 aliphatic heterocycles. The summed E-state index contributed by atoms with van der Waals surface area (Å²) >= 11 is 3.32. The third kappa shape index (κ3) is 3.36. The van der Waals surface area contributed by atoms with Crippen molar-refractivity contribution in [2.45, 2.75) is 4.90 Å². The normalized spacial score (nSPS) is 12.4. The zero-order valence-corrected chi connectivity index (χ0v) is 12.9. The monoisotopic (exact) mass is 352 g/mol. The van der Waals surface area contributed by atoms with Gasteiger partial charge in [0.05, 0.1) is 16.4 Å². The molecule has 0 saturated heterocycles. The Hall–Kier alpha value is -1.43. The van der Waals surface area contributed by atoms with Crippen LogP contribution >= 0.6 is 15.9 Å². The molecule has 0 aliphatic rings. The molecule has 0 unspecified atom stereocenters. The molecule has 104 valence electrons. The summed E-state index contributed by atoms with van der Waals surface area (Å²) in [6, 6.07) is 15.3. The maximum atomic E-state index is 12.4. The van der Waals surface area contributed by atoms with Crippen LogP contribution in [0.1, 0.15) is 5.56 Å². The molecule has 0 radical (unpaired) electrons. The van der Waals surface area contributed by atoms with Crippen LogP contribution in [-0.4, -0.2) is 20.1 Å². The van der Waals surface area contributed by atoms with Gasteiger partial charge in [0.15, 0.2) is 0 Å². The van der Waals surface area contributed by atoms with Crippen molar-refractivity contribution in [2.75, 3.05) is 6.61 Å². The standard InChI is InChI=1S/C15H13BrO3S/c16-13-8-6-12(7-9-13)10-15(11-17)20(18,19)14-4-2-1-3-5-14/h1-10,17H,11H2/b15-10+. The van der Waals surface area contributed by atoms with E-state index in [1.54, 1.807) is 30.3 Å². The van der Waals surface area contributed by atoms with E-state index in [9.17, 15) is 13.5 Å². The van der Waals surface area contributed by atoms with Crippen LogP contribution in [0.2, 0.25) is 0 Å². The fourth-order valence-electron chi connectivity index (χ4n) is 1.70. The number of hydrogen-bond donors (Lipinski definition) is 1. The number of aliphatic hydroxyl groups excluding tert-OH is 1. The van der Waals surface area contributed by atoms with E-state index in [0.29, 0.717) is 0 Å². The highest BCUT2D eigenvalue weighted by Crippen LogP contribution is 2.21. The highest BCUT2D eigenvalue weighted by Gasteiger charge is 2.19. The minimum absolute atomic E-state index is 0.0222. The molecule has 2 aromatic rings. The molecule has 0 bridgehead atoms. The molecule has 2 aromatic carbocycles. The molecule has 1 N–H and O–H groups in total. The first-order valence-electron chi connectivity index (χ1n) is 5.91. The Morgan fingerprint density at radius 1 is 1.05 bits per heavy atom. The lowest BCUT2D eigenvalue weighted by molar-refractivity contribution is 0.338. The van der Waals surface area contributed by atoms with Crippen molar-refractivity contribution in [3.05, 3.63) is 69.5 Å². The first-order valence-corrected chi connectivity index (χ1v) is 8.19. The minimum atomic E-state index is -3.66. The van der Waals surface area contributed by atoms with Crippen LogP contribution < -0.4 is 0 Å².